The second-order valence-corrected chi connectivity index (χ2v) is 7.16. The van der Waals surface area contributed by atoms with E-state index in [2.05, 4.69) is 57.3 Å². The van der Waals surface area contributed by atoms with E-state index in [0.717, 1.165) is 11.8 Å². The lowest BCUT2D eigenvalue weighted by molar-refractivity contribution is 0.242. The third-order valence-corrected chi connectivity index (χ3v) is 4.62. The SMILES string of the molecule is Cc1cccc([C@H](C)NC2CCCC(CC(C)C)C2)c1. The Bertz CT molecular complexity index is 410. The van der Waals surface area contributed by atoms with Crippen molar-refractivity contribution >= 4 is 0 Å². The van der Waals surface area contributed by atoms with E-state index < -0.39 is 0 Å². The Morgan fingerprint density at radius 1 is 1.20 bits per heavy atom. The molecule has 1 saturated carbocycles. The van der Waals surface area contributed by atoms with Crippen LogP contribution in [0.25, 0.3) is 0 Å². The van der Waals surface area contributed by atoms with Gasteiger partial charge in [0, 0.05) is 12.1 Å². The topological polar surface area (TPSA) is 12.0 Å². The molecule has 2 rings (SSSR count). The minimum Gasteiger partial charge on any atom is -0.307 e. The van der Waals surface area contributed by atoms with Crippen LogP contribution < -0.4 is 5.32 Å². The van der Waals surface area contributed by atoms with Gasteiger partial charge in [-0.3, -0.25) is 0 Å². The molecule has 0 aliphatic heterocycles. The van der Waals surface area contributed by atoms with Gasteiger partial charge in [-0.05, 0) is 50.5 Å². The monoisotopic (exact) mass is 273 g/mol. The van der Waals surface area contributed by atoms with Gasteiger partial charge in [0.05, 0.1) is 0 Å². The number of benzene rings is 1. The van der Waals surface area contributed by atoms with Crippen molar-refractivity contribution in [1.82, 2.24) is 5.32 Å². The lowest BCUT2D eigenvalue weighted by atomic mass is 9.81. The Morgan fingerprint density at radius 2 is 2.00 bits per heavy atom. The maximum absolute atomic E-state index is 3.87. The van der Waals surface area contributed by atoms with E-state index in [1.165, 1.54) is 43.2 Å². The molecule has 0 heterocycles. The summed E-state index contributed by atoms with van der Waals surface area (Å²) in [6.45, 7) is 9.19. The molecule has 0 spiro atoms. The molecular weight excluding hydrogens is 242 g/mol. The molecule has 112 valence electrons. The molecule has 0 bridgehead atoms. The van der Waals surface area contributed by atoms with Crippen LogP contribution in [-0.2, 0) is 0 Å². The van der Waals surface area contributed by atoms with E-state index in [4.69, 9.17) is 0 Å². The van der Waals surface area contributed by atoms with Crippen LogP contribution in [0.1, 0.15) is 70.0 Å². The highest BCUT2D eigenvalue weighted by atomic mass is 14.9. The van der Waals surface area contributed by atoms with E-state index in [1.807, 2.05) is 0 Å². The fourth-order valence-corrected chi connectivity index (χ4v) is 3.71. The Morgan fingerprint density at radius 3 is 2.70 bits per heavy atom. The quantitative estimate of drug-likeness (QED) is 0.772. The first-order valence-electron chi connectivity index (χ1n) is 8.37. The molecule has 0 radical (unpaired) electrons. The normalized spacial score (nSPS) is 24.9. The summed E-state index contributed by atoms with van der Waals surface area (Å²) in [6, 6.07) is 10.1. The van der Waals surface area contributed by atoms with E-state index in [-0.39, 0.29) is 0 Å². The van der Waals surface area contributed by atoms with Crippen molar-refractivity contribution in [2.45, 2.75) is 71.9 Å². The van der Waals surface area contributed by atoms with Crippen molar-refractivity contribution < 1.29 is 0 Å². The third-order valence-electron chi connectivity index (χ3n) is 4.62. The maximum atomic E-state index is 3.87. The van der Waals surface area contributed by atoms with Crippen LogP contribution >= 0.6 is 0 Å². The molecule has 1 nitrogen and oxygen atoms in total. The molecule has 1 aromatic carbocycles. The average Bonchev–Trinajstić information content (AvgIpc) is 2.38. The zero-order valence-electron chi connectivity index (χ0n) is 13.7. The summed E-state index contributed by atoms with van der Waals surface area (Å²) < 4.78 is 0. The van der Waals surface area contributed by atoms with Crippen molar-refractivity contribution in [2.75, 3.05) is 0 Å². The Kier molecular flexibility index (Phi) is 5.65. The van der Waals surface area contributed by atoms with Gasteiger partial charge in [0.2, 0.25) is 0 Å². The summed E-state index contributed by atoms with van der Waals surface area (Å²) in [6.07, 6.45) is 6.96. The van der Waals surface area contributed by atoms with Crippen LogP contribution in [-0.4, -0.2) is 6.04 Å². The second-order valence-electron chi connectivity index (χ2n) is 7.16. The number of hydrogen-bond acceptors (Lipinski definition) is 1. The van der Waals surface area contributed by atoms with Gasteiger partial charge >= 0.3 is 0 Å². The first-order chi connectivity index (χ1) is 9.54. The van der Waals surface area contributed by atoms with Crippen LogP contribution in [0, 0.1) is 18.8 Å². The Balaban J connectivity index is 1.89. The summed E-state index contributed by atoms with van der Waals surface area (Å²) in [5.74, 6) is 1.78. The standard InChI is InChI=1S/C19H31N/c1-14(2)11-17-8-6-10-19(13-17)20-16(4)18-9-5-7-15(3)12-18/h5,7,9,12,14,16-17,19-20H,6,8,10-11,13H2,1-4H3/t16-,17?,19?/m0/s1. The molecule has 1 N–H and O–H groups in total. The molecule has 1 heteroatoms. The zero-order chi connectivity index (χ0) is 14.5. The zero-order valence-corrected chi connectivity index (χ0v) is 13.7. The highest BCUT2D eigenvalue weighted by Gasteiger charge is 2.23. The highest BCUT2D eigenvalue weighted by Crippen LogP contribution is 2.30. The van der Waals surface area contributed by atoms with Crippen LogP contribution in [0.15, 0.2) is 24.3 Å². The first kappa shape index (κ1) is 15.6. The van der Waals surface area contributed by atoms with Crippen molar-refractivity contribution in [3.63, 3.8) is 0 Å². The summed E-state index contributed by atoms with van der Waals surface area (Å²) in [4.78, 5) is 0. The van der Waals surface area contributed by atoms with Crippen LogP contribution in [0.3, 0.4) is 0 Å². The largest absolute Gasteiger partial charge is 0.307 e. The van der Waals surface area contributed by atoms with Gasteiger partial charge in [0.25, 0.3) is 0 Å². The van der Waals surface area contributed by atoms with Gasteiger partial charge in [-0.15, -0.1) is 0 Å². The Labute approximate surface area is 125 Å². The first-order valence-corrected chi connectivity index (χ1v) is 8.37. The van der Waals surface area contributed by atoms with Gasteiger partial charge in [-0.2, -0.15) is 0 Å². The fourth-order valence-electron chi connectivity index (χ4n) is 3.71. The van der Waals surface area contributed by atoms with E-state index in [9.17, 15) is 0 Å². The van der Waals surface area contributed by atoms with E-state index in [1.54, 1.807) is 0 Å². The summed E-state index contributed by atoms with van der Waals surface area (Å²) in [5, 5.41) is 3.87. The lowest BCUT2D eigenvalue weighted by Gasteiger charge is -2.33. The predicted molar refractivity (Wildman–Crippen MR) is 87.9 cm³/mol. The second kappa shape index (κ2) is 7.26. The molecule has 1 aliphatic rings. The third kappa shape index (κ3) is 4.63. The molecule has 3 atom stereocenters. The summed E-state index contributed by atoms with van der Waals surface area (Å²) in [7, 11) is 0. The van der Waals surface area contributed by atoms with Crippen LogP contribution in [0.2, 0.25) is 0 Å². The molecule has 1 aromatic rings. The minimum atomic E-state index is 0.470. The molecule has 1 aliphatic carbocycles. The van der Waals surface area contributed by atoms with Crippen molar-refractivity contribution in [2.24, 2.45) is 11.8 Å². The van der Waals surface area contributed by atoms with Gasteiger partial charge in [-0.1, -0.05) is 56.5 Å². The molecule has 0 saturated heterocycles. The fraction of sp³-hybridized carbons (Fsp3) is 0.684. The molecule has 0 aromatic heterocycles. The van der Waals surface area contributed by atoms with Crippen LogP contribution in [0.4, 0.5) is 0 Å². The molecule has 2 unspecified atom stereocenters. The number of nitrogens with one attached hydrogen (secondary N) is 1. The summed E-state index contributed by atoms with van der Waals surface area (Å²) >= 11 is 0. The summed E-state index contributed by atoms with van der Waals surface area (Å²) in [5.41, 5.74) is 2.79. The smallest absolute Gasteiger partial charge is 0.0294 e. The van der Waals surface area contributed by atoms with Crippen LogP contribution in [0.5, 0.6) is 0 Å². The number of aryl methyl sites for hydroxylation is 1. The highest BCUT2D eigenvalue weighted by molar-refractivity contribution is 5.24. The minimum absolute atomic E-state index is 0.470. The average molecular weight is 273 g/mol. The van der Waals surface area contributed by atoms with Gasteiger partial charge < -0.3 is 5.32 Å². The van der Waals surface area contributed by atoms with Crippen molar-refractivity contribution in [1.29, 1.82) is 0 Å². The number of rotatable bonds is 5. The number of hydrogen-bond donors (Lipinski definition) is 1. The van der Waals surface area contributed by atoms with Gasteiger partial charge in [0.1, 0.15) is 0 Å². The molecular formula is C19H31N. The Hall–Kier alpha value is -0.820. The predicted octanol–water partition coefficient (Wildman–Crippen LogP) is 5.25. The van der Waals surface area contributed by atoms with E-state index in [0.29, 0.717) is 12.1 Å². The lowest BCUT2D eigenvalue weighted by Crippen LogP contribution is -2.36. The molecule has 20 heavy (non-hydrogen) atoms. The molecule has 0 amide bonds. The van der Waals surface area contributed by atoms with Gasteiger partial charge in [-0.25, -0.2) is 0 Å². The van der Waals surface area contributed by atoms with Crippen molar-refractivity contribution in [3.05, 3.63) is 35.4 Å². The van der Waals surface area contributed by atoms with Gasteiger partial charge in [0.15, 0.2) is 0 Å². The molecule has 1 fully saturated rings. The maximum Gasteiger partial charge on any atom is 0.0294 e. The van der Waals surface area contributed by atoms with Crippen molar-refractivity contribution in [3.8, 4) is 0 Å². The van der Waals surface area contributed by atoms with E-state index >= 15 is 0 Å².